The number of carbonyl (C=O) groups excluding carboxylic acids is 3. The van der Waals surface area contributed by atoms with E-state index in [2.05, 4.69) is 13.2 Å². The van der Waals surface area contributed by atoms with E-state index in [0.717, 1.165) is 23.2 Å². The number of β-amino-alcohol motifs (C(OH)–C–C–N with tert-alkyl or cyclic N) is 1. The number of rotatable bonds is 11. The van der Waals surface area contributed by atoms with E-state index in [9.17, 15) is 19.5 Å². The lowest BCUT2D eigenvalue weighted by atomic mass is 9.66. The molecule has 1 spiro atoms. The molecule has 2 unspecified atom stereocenters. The Morgan fingerprint density at radius 3 is 2.70 bits per heavy atom. The van der Waals surface area contributed by atoms with Crippen molar-refractivity contribution >= 4 is 23.5 Å². The second-order valence-corrected chi connectivity index (χ2v) is 10.6. The number of allylic oxidation sites excluding steroid dienone is 1. The number of aryl methyl sites for hydroxylation is 2. The van der Waals surface area contributed by atoms with E-state index in [1.165, 1.54) is 4.90 Å². The van der Waals surface area contributed by atoms with Crippen molar-refractivity contribution in [2.45, 2.75) is 63.7 Å². The van der Waals surface area contributed by atoms with Crippen LogP contribution >= 0.6 is 0 Å². The number of likely N-dealkylation sites (tertiary alicyclic amines) is 1. The van der Waals surface area contributed by atoms with Crippen LogP contribution in [-0.4, -0.2) is 71.3 Å². The van der Waals surface area contributed by atoms with Crippen LogP contribution in [0.15, 0.2) is 43.5 Å². The van der Waals surface area contributed by atoms with E-state index in [1.807, 2.05) is 39.0 Å². The molecule has 0 saturated carbocycles. The predicted octanol–water partition coefficient (Wildman–Crippen LogP) is 3.09. The highest BCUT2D eigenvalue weighted by atomic mass is 16.6. The normalized spacial score (nSPS) is 29.8. The summed E-state index contributed by atoms with van der Waals surface area (Å²) in [5.41, 5.74) is 0.580. The van der Waals surface area contributed by atoms with Crippen LogP contribution in [-0.2, 0) is 23.9 Å². The van der Waals surface area contributed by atoms with Gasteiger partial charge in [-0.15, -0.1) is 13.2 Å². The number of fused-ring (bicyclic) bond motifs is 1. The van der Waals surface area contributed by atoms with Crippen LogP contribution in [0.1, 0.15) is 43.7 Å². The number of hydrogen-bond acceptors (Lipinski definition) is 6. The highest BCUT2D eigenvalue weighted by Gasteiger charge is 2.78. The zero-order valence-corrected chi connectivity index (χ0v) is 22.1. The number of benzene rings is 1. The summed E-state index contributed by atoms with van der Waals surface area (Å²) in [6.45, 7) is 13.4. The number of nitrogens with zero attached hydrogens (tertiary/aromatic N) is 2. The summed E-state index contributed by atoms with van der Waals surface area (Å²) in [6.07, 6.45) is 5.78. The van der Waals surface area contributed by atoms with Gasteiger partial charge >= 0.3 is 5.97 Å². The molecule has 2 bridgehead atoms. The minimum absolute atomic E-state index is 0.0244. The van der Waals surface area contributed by atoms with E-state index in [1.54, 1.807) is 17.1 Å². The minimum atomic E-state index is -1.17. The van der Waals surface area contributed by atoms with Crippen molar-refractivity contribution in [2.75, 3.05) is 31.2 Å². The number of amides is 2. The molecule has 3 fully saturated rings. The summed E-state index contributed by atoms with van der Waals surface area (Å²) < 4.78 is 12.2. The third-order valence-corrected chi connectivity index (χ3v) is 8.14. The first-order valence-corrected chi connectivity index (χ1v) is 13.0. The maximum Gasteiger partial charge on any atom is 0.312 e. The molecule has 3 aliphatic rings. The number of hydrogen-bond donors (Lipinski definition) is 1. The summed E-state index contributed by atoms with van der Waals surface area (Å²) >= 11 is 0. The zero-order chi connectivity index (χ0) is 27.0. The summed E-state index contributed by atoms with van der Waals surface area (Å²) in [7, 11) is 0. The van der Waals surface area contributed by atoms with Crippen LogP contribution in [0.2, 0.25) is 0 Å². The fourth-order valence-electron chi connectivity index (χ4n) is 6.50. The van der Waals surface area contributed by atoms with Crippen LogP contribution < -0.4 is 4.90 Å². The van der Waals surface area contributed by atoms with Crippen molar-refractivity contribution in [3.05, 3.63) is 54.6 Å². The number of esters is 1. The highest BCUT2D eigenvalue weighted by Crippen LogP contribution is 2.63. The predicted molar refractivity (Wildman–Crippen MR) is 140 cm³/mol. The van der Waals surface area contributed by atoms with Crippen molar-refractivity contribution in [3.63, 3.8) is 0 Å². The molecule has 2 amide bonds. The quantitative estimate of drug-likeness (QED) is 0.279. The molecule has 0 radical (unpaired) electrons. The van der Waals surface area contributed by atoms with Gasteiger partial charge in [0, 0.05) is 18.8 Å². The van der Waals surface area contributed by atoms with Gasteiger partial charge in [-0.3, -0.25) is 14.4 Å². The average Bonchev–Trinajstić information content (AvgIpc) is 3.43. The Bertz CT molecular complexity index is 1100. The van der Waals surface area contributed by atoms with Crippen molar-refractivity contribution < 1.29 is 29.0 Å². The highest BCUT2D eigenvalue weighted by molar-refractivity contribution is 6.05. The lowest BCUT2D eigenvalue weighted by Gasteiger charge is -2.37. The molecule has 3 saturated heterocycles. The number of anilines is 1. The minimum Gasteiger partial charge on any atom is -0.465 e. The molecule has 0 aromatic heterocycles. The molecule has 0 aliphatic carbocycles. The van der Waals surface area contributed by atoms with E-state index < -0.39 is 35.0 Å². The van der Waals surface area contributed by atoms with E-state index in [4.69, 9.17) is 9.47 Å². The molecule has 3 aliphatic heterocycles. The molecular formula is C29H38N2O6. The molecule has 200 valence electrons. The van der Waals surface area contributed by atoms with E-state index in [0.29, 0.717) is 19.3 Å². The van der Waals surface area contributed by atoms with Gasteiger partial charge in [0.1, 0.15) is 17.6 Å². The lowest BCUT2D eigenvalue weighted by molar-refractivity contribution is -0.159. The van der Waals surface area contributed by atoms with Gasteiger partial charge in [-0.05, 0) is 63.6 Å². The fourth-order valence-corrected chi connectivity index (χ4v) is 6.50. The Labute approximate surface area is 218 Å². The van der Waals surface area contributed by atoms with Gasteiger partial charge in [0.15, 0.2) is 0 Å². The number of ether oxygens (including phenoxy) is 2. The van der Waals surface area contributed by atoms with E-state index >= 15 is 0 Å². The summed E-state index contributed by atoms with van der Waals surface area (Å²) in [5, 5.41) is 9.83. The second kappa shape index (κ2) is 10.4. The van der Waals surface area contributed by atoms with Gasteiger partial charge in [0.2, 0.25) is 5.91 Å². The molecule has 8 heteroatoms. The van der Waals surface area contributed by atoms with Crippen molar-refractivity contribution in [1.29, 1.82) is 0 Å². The summed E-state index contributed by atoms with van der Waals surface area (Å²) in [4.78, 5) is 44.6. The average molecular weight is 511 g/mol. The Balaban J connectivity index is 1.74. The molecule has 5 atom stereocenters. The van der Waals surface area contributed by atoms with Gasteiger partial charge < -0.3 is 24.4 Å². The van der Waals surface area contributed by atoms with Crippen LogP contribution in [0.4, 0.5) is 5.69 Å². The van der Waals surface area contributed by atoms with Gasteiger partial charge in [0.05, 0.1) is 24.7 Å². The first kappa shape index (κ1) is 27.1. The molecule has 3 heterocycles. The molecule has 4 rings (SSSR count). The first-order chi connectivity index (χ1) is 17.6. The van der Waals surface area contributed by atoms with Crippen LogP contribution in [0, 0.1) is 25.7 Å². The Morgan fingerprint density at radius 2 is 2.03 bits per heavy atom. The third-order valence-electron chi connectivity index (χ3n) is 8.14. The van der Waals surface area contributed by atoms with Crippen LogP contribution in [0.5, 0.6) is 0 Å². The number of carbonyl (C=O) groups is 3. The van der Waals surface area contributed by atoms with E-state index in [-0.39, 0.29) is 38.1 Å². The van der Waals surface area contributed by atoms with Crippen LogP contribution in [0.25, 0.3) is 0 Å². The van der Waals surface area contributed by atoms with Crippen molar-refractivity contribution in [2.24, 2.45) is 11.8 Å². The number of aliphatic hydroxyl groups is 1. The first-order valence-electron chi connectivity index (χ1n) is 13.0. The standard InChI is InChI=1S/C29H38N2O6/c1-6-8-9-17-36-27(35)23-22-25(33)31(15-16-32)24(29(22)13-12-28(23,5)37-29)26(34)30(14-7-2)21-18-19(3)10-11-20(21)4/h6-7,10-11,18,22-24,32H,1-2,8-9,12-17H2,3-5H3/t22-,23+,24?,28-,29?/m0/s1. The lowest BCUT2D eigenvalue weighted by Crippen LogP contribution is -2.57. The van der Waals surface area contributed by atoms with Gasteiger partial charge in [-0.25, -0.2) is 0 Å². The largest absolute Gasteiger partial charge is 0.465 e. The maximum absolute atomic E-state index is 14.4. The van der Waals surface area contributed by atoms with Gasteiger partial charge in [-0.2, -0.15) is 0 Å². The number of unbranched alkanes of at least 4 members (excludes halogenated alkanes) is 1. The molecule has 37 heavy (non-hydrogen) atoms. The number of aliphatic hydroxyl groups excluding tert-OH is 1. The summed E-state index contributed by atoms with van der Waals surface area (Å²) in [6, 6.07) is 4.90. The Morgan fingerprint density at radius 1 is 1.27 bits per heavy atom. The topological polar surface area (TPSA) is 96.4 Å². The Hall–Kier alpha value is -2.97. The summed E-state index contributed by atoms with van der Waals surface area (Å²) in [5.74, 6) is -2.78. The van der Waals surface area contributed by atoms with Crippen molar-refractivity contribution in [3.8, 4) is 0 Å². The second-order valence-electron chi connectivity index (χ2n) is 10.6. The molecule has 1 aromatic rings. The molecule has 1 N–H and O–H groups in total. The van der Waals surface area contributed by atoms with Gasteiger partial charge in [0.25, 0.3) is 5.91 Å². The maximum atomic E-state index is 14.4. The zero-order valence-electron chi connectivity index (χ0n) is 22.1. The van der Waals surface area contributed by atoms with Gasteiger partial charge in [-0.1, -0.05) is 24.3 Å². The SMILES string of the molecule is C=CCCCOC(=O)[C@H]1[C@H]2C(=O)N(CCO)C(C(=O)N(CC=C)c3cc(C)ccc3C)C23CC[C@]1(C)O3. The molecular weight excluding hydrogens is 472 g/mol. The molecule has 1 aromatic carbocycles. The van der Waals surface area contributed by atoms with Crippen molar-refractivity contribution in [1.82, 2.24) is 4.90 Å². The monoisotopic (exact) mass is 510 g/mol. The fraction of sp³-hybridized carbons (Fsp3) is 0.552. The molecule has 8 nitrogen and oxygen atoms in total. The van der Waals surface area contributed by atoms with Crippen LogP contribution in [0.3, 0.4) is 0 Å². The third kappa shape index (κ3) is 4.40. The smallest absolute Gasteiger partial charge is 0.312 e. The Kier molecular flexibility index (Phi) is 7.62.